The van der Waals surface area contributed by atoms with Crippen LogP contribution in [0.2, 0.25) is 5.02 Å². The Labute approximate surface area is 93.0 Å². The van der Waals surface area contributed by atoms with Gasteiger partial charge in [0.15, 0.2) is 6.29 Å². The second-order valence-electron chi connectivity index (χ2n) is 3.20. The maximum Gasteiger partial charge on any atom is 0.418 e. The fourth-order valence-electron chi connectivity index (χ4n) is 1.52. The average molecular weight is 248 g/mol. The van der Waals surface area contributed by atoms with Crippen LogP contribution in [-0.4, -0.2) is 11.3 Å². The number of hydrogen-bond donors (Lipinski definition) is 1. The predicted molar refractivity (Wildman–Crippen MR) is 53.7 cm³/mol. The van der Waals surface area contributed by atoms with E-state index in [1.54, 1.807) is 0 Å². The average Bonchev–Trinajstić information content (AvgIpc) is 2.54. The number of alkyl halides is 3. The first-order valence-corrected chi connectivity index (χ1v) is 4.65. The highest BCUT2D eigenvalue weighted by Gasteiger charge is 2.33. The van der Waals surface area contributed by atoms with Gasteiger partial charge in [-0.3, -0.25) is 4.79 Å². The van der Waals surface area contributed by atoms with Gasteiger partial charge in [-0.2, -0.15) is 13.2 Å². The molecule has 2 nitrogen and oxygen atoms in total. The van der Waals surface area contributed by atoms with Gasteiger partial charge in [0.05, 0.1) is 21.8 Å². The molecule has 0 atom stereocenters. The predicted octanol–water partition coefficient (Wildman–Crippen LogP) is 3.65. The quantitative estimate of drug-likeness (QED) is 0.767. The molecule has 0 unspecified atom stereocenters. The summed E-state index contributed by atoms with van der Waals surface area (Å²) in [6.07, 6.45) is -4.09. The molecule has 1 N–H and O–H groups in total. The number of aromatic amines is 1. The molecule has 1 heterocycles. The molecule has 0 aliphatic rings. The largest absolute Gasteiger partial charge is 0.418 e. The summed E-state index contributed by atoms with van der Waals surface area (Å²) in [6, 6.07) is 3.61. The van der Waals surface area contributed by atoms with Gasteiger partial charge >= 0.3 is 6.18 Å². The van der Waals surface area contributed by atoms with E-state index in [0.717, 1.165) is 6.07 Å². The van der Waals surface area contributed by atoms with Crippen molar-refractivity contribution in [2.75, 3.05) is 0 Å². The Balaban J connectivity index is 2.84. The lowest BCUT2D eigenvalue weighted by molar-refractivity contribution is -0.136. The molecule has 6 heteroatoms. The lowest BCUT2D eigenvalue weighted by atomic mass is 10.1. The fraction of sp³-hybridized carbons (Fsp3) is 0.100. The summed E-state index contributed by atoms with van der Waals surface area (Å²) in [5.41, 5.74) is -1.05. The maximum atomic E-state index is 12.6. The van der Waals surface area contributed by atoms with E-state index in [1.165, 1.54) is 12.1 Å². The van der Waals surface area contributed by atoms with Gasteiger partial charge < -0.3 is 4.98 Å². The molecule has 0 aliphatic heterocycles. The van der Waals surface area contributed by atoms with Crippen LogP contribution in [0.4, 0.5) is 13.2 Å². The van der Waals surface area contributed by atoms with E-state index in [9.17, 15) is 18.0 Å². The van der Waals surface area contributed by atoms with Crippen LogP contribution in [0.1, 0.15) is 16.1 Å². The lowest BCUT2D eigenvalue weighted by Gasteiger charge is -2.07. The molecule has 0 saturated carbocycles. The van der Waals surface area contributed by atoms with Gasteiger partial charge in [0.25, 0.3) is 0 Å². The van der Waals surface area contributed by atoms with Gasteiger partial charge in [0.1, 0.15) is 0 Å². The Bertz CT molecular complexity index is 559. The Kier molecular flexibility index (Phi) is 2.42. The molecule has 0 bridgehead atoms. The minimum Gasteiger partial charge on any atom is -0.351 e. The number of H-pyrrole nitrogens is 1. The molecule has 0 radical (unpaired) electrons. The van der Waals surface area contributed by atoms with Crippen molar-refractivity contribution in [1.82, 2.24) is 4.98 Å². The van der Waals surface area contributed by atoms with Gasteiger partial charge in [0, 0.05) is 5.39 Å². The minimum absolute atomic E-state index is 0.0103. The van der Waals surface area contributed by atoms with Crippen molar-refractivity contribution in [1.29, 1.82) is 0 Å². The number of halogens is 4. The van der Waals surface area contributed by atoms with Crippen LogP contribution in [0.15, 0.2) is 18.2 Å². The van der Waals surface area contributed by atoms with E-state index < -0.39 is 11.7 Å². The number of fused-ring (bicyclic) bond motifs is 1. The SMILES string of the molecule is O=Cc1[nH]c2c(C(F)(F)F)cccc2c1Cl. The van der Waals surface area contributed by atoms with Gasteiger partial charge in [-0.25, -0.2) is 0 Å². The summed E-state index contributed by atoms with van der Waals surface area (Å²) in [6.45, 7) is 0. The molecule has 0 saturated heterocycles. The topological polar surface area (TPSA) is 32.9 Å². The third-order valence-electron chi connectivity index (χ3n) is 2.22. The van der Waals surface area contributed by atoms with Crippen LogP contribution in [-0.2, 0) is 6.18 Å². The van der Waals surface area contributed by atoms with Crippen LogP contribution in [0.5, 0.6) is 0 Å². The van der Waals surface area contributed by atoms with Gasteiger partial charge in [-0.1, -0.05) is 23.7 Å². The monoisotopic (exact) mass is 247 g/mol. The number of para-hydroxylation sites is 1. The number of aromatic nitrogens is 1. The Morgan fingerprint density at radius 1 is 1.31 bits per heavy atom. The van der Waals surface area contributed by atoms with E-state index >= 15 is 0 Å². The van der Waals surface area contributed by atoms with Gasteiger partial charge in [0.2, 0.25) is 0 Å². The maximum absolute atomic E-state index is 12.6. The zero-order valence-corrected chi connectivity index (χ0v) is 8.49. The molecular weight excluding hydrogens is 243 g/mol. The summed E-state index contributed by atoms with van der Waals surface area (Å²) in [5.74, 6) is 0. The van der Waals surface area contributed by atoms with Crippen LogP contribution < -0.4 is 0 Å². The second kappa shape index (κ2) is 3.52. The summed E-state index contributed by atoms with van der Waals surface area (Å²) in [4.78, 5) is 12.9. The first-order chi connectivity index (χ1) is 7.45. The normalized spacial score (nSPS) is 12.0. The van der Waals surface area contributed by atoms with E-state index in [2.05, 4.69) is 4.98 Å². The first kappa shape index (κ1) is 11.0. The highest BCUT2D eigenvalue weighted by Crippen LogP contribution is 2.37. The first-order valence-electron chi connectivity index (χ1n) is 4.27. The highest BCUT2D eigenvalue weighted by molar-refractivity contribution is 6.38. The summed E-state index contributed by atoms with van der Waals surface area (Å²) in [5, 5.41) is 0.203. The zero-order chi connectivity index (χ0) is 11.9. The van der Waals surface area contributed by atoms with Crippen LogP contribution >= 0.6 is 11.6 Å². The third kappa shape index (κ3) is 1.57. The van der Waals surface area contributed by atoms with Crippen molar-refractivity contribution < 1.29 is 18.0 Å². The summed E-state index contributed by atoms with van der Waals surface area (Å²) >= 11 is 5.75. The number of nitrogens with one attached hydrogen (secondary N) is 1. The Hall–Kier alpha value is -1.49. The molecule has 2 rings (SSSR count). The molecule has 1 aromatic heterocycles. The van der Waals surface area contributed by atoms with Crippen molar-refractivity contribution in [3.8, 4) is 0 Å². The zero-order valence-electron chi connectivity index (χ0n) is 7.73. The smallest absolute Gasteiger partial charge is 0.351 e. The van der Waals surface area contributed by atoms with Gasteiger partial charge in [-0.15, -0.1) is 0 Å². The summed E-state index contributed by atoms with van der Waals surface area (Å²) in [7, 11) is 0. The third-order valence-corrected chi connectivity index (χ3v) is 2.63. The van der Waals surface area contributed by atoms with Crippen LogP contribution in [0.25, 0.3) is 10.9 Å². The Morgan fingerprint density at radius 3 is 2.56 bits per heavy atom. The molecule has 0 spiro atoms. The van der Waals surface area contributed by atoms with E-state index in [4.69, 9.17) is 11.6 Å². The lowest BCUT2D eigenvalue weighted by Crippen LogP contribution is -2.05. The number of hydrogen-bond acceptors (Lipinski definition) is 1. The number of carbonyl (C=O) groups is 1. The van der Waals surface area contributed by atoms with Crippen molar-refractivity contribution in [3.63, 3.8) is 0 Å². The van der Waals surface area contributed by atoms with E-state index in [0.29, 0.717) is 6.29 Å². The molecule has 0 fully saturated rings. The number of rotatable bonds is 1. The number of carbonyl (C=O) groups excluding carboxylic acids is 1. The van der Waals surface area contributed by atoms with Gasteiger partial charge in [-0.05, 0) is 6.07 Å². The molecule has 1 aromatic carbocycles. The van der Waals surface area contributed by atoms with E-state index in [1.807, 2.05) is 0 Å². The van der Waals surface area contributed by atoms with Crippen molar-refractivity contribution in [2.24, 2.45) is 0 Å². The second-order valence-corrected chi connectivity index (χ2v) is 3.57. The minimum atomic E-state index is -4.48. The number of benzene rings is 1. The molecule has 84 valence electrons. The van der Waals surface area contributed by atoms with Crippen molar-refractivity contribution in [3.05, 3.63) is 34.5 Å². The van der Waals surface area contributed by atoms with Crippen molar-refractivity contribution in [2.45, 2.75) is 6.18 Å². The molecule has 2 aromatic rings. The van der Waals surface area contributed by atoms with Crippen molar-refractivity contribution >= 4 is 28.8 Å². The molecule has 0 aliphatic carbocycles. The number of aldehydes is 1. The van der Waals surface area contributed by atoms with E-state index in [-0.39, 0.29) is 21.6 Å². The standard InChI is InChI=1S/C10H5ClF3NO/c11-8-5-2-1-3-6(10(12,13)14)9(5)15-7(8)4-16/h1-4,15H. The molecular formula is C10H5ClF3NO. The Morgan fingerprint density at radius 2 is 2.00 bits per heavy atom. The highest BCUT2D eigenvalue weighted by atomic mass is 35.5. The molecule has 0 amide bonds. The summed E-state index contributed by atoms with van der Waals surface area (Å²) < 4.78 is 37.8. The fourth-order valence-corrected chi connectivity index (χ4v) is 1.77. The molecule has 16 heavy (non-hydrogen) atoms. The van der Waals surface area contributed by atoms with Crippen LogP contribution in [0.3, 0.4) is 0 Å². The van der Waals surface area contributed by atoms with Crippen LogP contribution in [0, 0.1) is 0 Å².